The second-order valence-electron chi connectivity index (χ2n) is 15.1. The van der Waals surface area contributed by atoms with Gasteiger partial charge in [-0.15, -0.1) is 0 Å². The molecular weight excluding hydrogens is 742 g/mol. The van der Waals surface area contributed by atoms with E-state index in [0.29, 0.717) is 0 Å². The van der Waals surface area contributed by atoms with Crippen LogP contribution in [-0.4, -0.2) is 81.2 Å². The number of phenolic OH excluding ortho intramolecular Hbond substituents is 2. The number of hydrogen-bond acceptors (Lipinski definition) is 14. The van der Waals surface area contributed by atoms with E-state index in [-0.39, 0.29) is 49.9 Å². The van der Waals surface area contributed by atoms with Crippen molar-refractivity contribution >= 4 is 50.9 Å². The summed E-state index contributed by atoms with van der Waals surface area (Å²) in [7, 11) is 1.41. The van der Waals surface area contributed by atoms with Crippen LogP contribution >= 0.6 is 0 Å². The van der Waals surface area contributed by atoms with Gasteiger partial charge in [-0.05, 0) is 32.9 Å². The SMILES string of the molecule is COC1C=COC2(C)Oc3c(C)c(O)c4c(O)c(c5cc(C(C)=O)c(=O)oc5c4c3C2=O)NC(=O)C(C)=CC=CC(C)C(O)C(C)C(O)C(C)C(OC(C)=O)C1C. The molecule has 5 N–H and O–H groups in total. The minimum Gasteiger partial charge on any atom is -0.507 e. The van der Waals surface area contributed by atoms with E-state index in [2.05, 4.69) is 5.32 Å². The Bertz CT molecular complexity index is 2300. The van der Waals surface area contributed by atoms with Crippen molar-refractivity contribution in [3.63, 3.8) is 0 Å². The zero-order chi connectivity index (χ0) is 42.4. The fraction of sp³-hybridized carbons (Fsp3) is 0.452. The molecule has 57 heavy (non-hydrogen) atoms. The van der Waals surface area contributed by atoms with E-state index in [9.17, 15) is 44.4 Å². The number of rotatable bonds is 3. The van der Waals surface area contributed by atoms with Gasteiger partial charge < -0.3 is 49.1 Å². The molecule has 15 heteroatoms. The van der Waals surface area contributed by atoms with Gasteiger partial charge in [-0.25, -0.2) is 4.79 Å². The molecule has 4 bridgehead atoms. The van der Waals surface area contributed by atoms with Crippen molar-refractivity contribution in [1.82, 2.24) is 0 Å². The summed E-state index contributed by atoms with van der Waals surface area (Å²) in [6, 6.07) is 1.12. The lowest BCUT2D eigenvalue weighted by molar-refractivity contribution is -0.160. The molecule has 0 spiro atoms. The highest BCUT2D eigenvalue weighted by molar-refractivity contribution is 6.28. The van der Waals surface area contributed by atoms with Crippen molar-refractivity contribution in [2.45, 2.75) is 92.5 Å². The van der Waals surface area contributed by atoms with Crippen LogP contribution in [0.2, 0.25) is 0 Å². The minimum atomic E-state index is -2.09. The number of allylic oxidation sites excluding steroid dienone is 2. The summed E-state index contributed by atoms with van der Waals surface area (Å²) in [5, 5.41) is 48.0. The van der Waals surface area contributed by atoms with Crippen LogP contribution in [0.15, 0.2) is 51.4 Å². The van der Waals surface area contributed by atoms with Crippen LogP contribution in [0, 0.1) is 30.6 Å². The molecule has 2 aromatic carbocycles. The molecule has 9 atom stereocenters. The largest absolute Gasteiger partial charge is 0.507 e. The van der Waals surface area contributed by atoms with Crippen molar-refractivity contribution in [3.8, 4) is 17.2 Å². The molecule has 0 saturated heterocycles. The molecule has 0 fully saturated rings. The predicted molar refractivity (Wildman–Crippen MR) is 208 cm³/mol. The van der Waals surface area contributed by atoms with Crippen LogP contribution < -0.4 is 15.7 Å². The Morgan fingerprint density at radius 2 is 1.58 bits per heavy atom. The Morgan fingerprint density at radius 1 is 0.912 bits per heavy atom. The van der Waals surface area contributed by atoms with Gasteiger partial charge in [0.05, 0.1) is 41.2 Å². The number of carbonyl (C=O) groups excluding carboxylic acids is 4. The third-order valence-corrected chi connectivity index (χ3v) is 11.1. The third kappa shape index (κ3) is 7.66. The van der Waals surface area contributed by atoms with E-state index in [1.807, 2.05) is 0 Å². The van der Waals surface area contributed by atoms with Gasteiger partial charge >= 0.3 is 17.4 Å². The average molecular weight is 792 g/mol. The molecule has 5 rings (SSSR count). The molecule has 1 amide bonds. The maximum Gasteiger partial charge on any atom is 0.347 e. The van der Waals surface area contributed by atoms with Gasteiger partial charge in [0.2, 0.25) is 0 Å². The minimum absolute atomic E-state index is 0.00853. The van der Waals surface area contributed by atoms with Gasteiger partial charge in [0.25, 0.3) is 11.7 Å². The zero-order valence-electron chi connectivity index (χ0n) is 33.5. The number of aliphatic hydroxyl groups excluding tert-OH is 2. The number of fused-ring (bicyclic) bond motifs is 1. The summed E-state index contributed by atoms with van der Waals surface area (Å²) in [5.41, 5.74) is -2.24. The highest BCUT2D eigenvalue weighted by atomic mass is 16.7. The zero-order valence-corrected chi connectivity index (χ0v) is 33.5. The number of anilines is 1. The Kier molecular flexibility index (Phi) is 12.1. The molecule has 9 unspecified atom stereocenters. The van der Waals surface area contributed by atoms with E-state index in [0.717, 1.165) is 19.3 Å². The highest BCUT2D eigenvalue weighted by Crippen LogP contribution is 2.54. The van der Waals surface area contributed by atoms with Gasteiger partial charge in [0.15, 0.2) is 11.5 Å². The molecule has 3 aromatic rings. The summed E-state index contributed by atoms with van der Waals surface area (Å²) >= 11 is 0. The Labute approximate surface area is 328 Å². The molecule has 2 aliphatic heterocycles. The quantitative estimate of drug-likeness (QED) is 0.0740. The van der Waals surface area contributed by atoms with E-state index < -0.39 is 100 Å². The molecule has 0 aliphatic carbocycles. The van der Waals surface area contributed by atoms with Gasteiger partial charge in [0.1, 0.15) is 28.7 Å². The number of phenols is 2. The fourth-order valence-corrected chi connectivity index (χ4v) is 7.57. The molecule has 0 radical (unpaired) electrons. The molecule has 15 nitrogen and oxygen atoms in total. The Balaban J connectivity index is 1.77. The smallest absolute Gasteiger partial charge is 0.347 e. The van der Waals surface area contributed by atoms with Crippen LogP contribution in [0.1, 0.15) is 81.7 Å². The number of aliphatic hydroxyl groups is 2. The topological polar surface area (TPSA) is 228 Å². The molecular formula is C42H49NO14. The monoisotopic (exact) mass is 791 g/mol. The predicted octanol–water partition coefficient (Wildman–Crippen LogP) is 5.36. The van der Waals surface area contributed by atoms with Gasteiger partial charge in [-0.2, -0.15) is 0 Å². The lowest BCUT2D eigenvalue weighted by Crippen LogP contribution is -2.46. The van der Waals surface area contributed by atoms with Crippen LogP contribution in [0.4, 0.5) is 5.69 Å². The van der Waals surface area contributed by atoms with Crippen LogP contribution in [0.3, 0.4) is 0 Å². The number of hydrogen-bond donors (Lipinski definition) is 5. The van der Waals surface area contributed by atoms with E-state index in [1.54, 1.807) is 33.8 Å². The molecule has 306 valence electrons. The van der Waals surface area contributed by atoms with Crippen molar-refractivity contribution in [1.29, 1.82) is 0 Å². The first kappa shape index (κ1) is 42.6. The van der Waals surface area contributed by atoms with Gasteiger partial charge in [-0.1, -0.05) is 45.9 Å². The standard InChI is InChI=1S/C42H49NO14/c1-17-12-11-13-18(2)40(51)43-31-26-16-25(23(7)44)41(52)56-38(26)28-29(35(31)49)34(48)22(6)37-30(28)39(50)42(9,57-37)54-15-14-27(53-10)19(3)36(55-24(8)45)21(5)33(47)20(4)32(17)46/h11-17,19-21,27,32-33,36,46-49H,1-10H3,(H,43,51). The number of carbonyl (C=O) groups is 4. The summed E-state index contributed by atoms with van der Waals surface area (Å²) in [6.45, 7) is 13.4. The Hall–Kier alpha value is -5.51. The molecule has 3 heterocycles. The number of Topliss-reactive ketones (excluding diaryl/α,β-unsaturated/α-hetero) is 2. The highest BCUT2D eigenvalue weighted by Gasteiger charge is 2.50. The Morgan fingerprint density at radius 3 is 2.19 bits per heavy atom. The van der Waals surface area contributed by atoms with Crippen molar-refractivity contribution in [2.75, 3.05) is 12.4 Å². The summed E-state index contributed by atoms with van der Waals surface area (Å²) < 4.78 is 29.1. The van der Waals surface area contributed by atoms with Crippen LogP contribution in [0.25, 0.3) is 21.7 Å². The first-order valence-electron chi connectivity index (χ1n) is 18.5. The average Bonchev–Trinajstić information content (AvgIpc) is 3.42. The number of ketones is 2. The van der Waals surface area contributed by atoms with Crippen molar-refractivity contribution in [3.05, 3.63) is 69.3 Å². The van der Waals surface area contributed by atoms with Gasteiger partial charge in [-0.3, -0.25) is 19.2 Å². The summed E-state index contributed by atoms with van der Waals surface area (Å²) in [4.78, 5) is 66.0. The van der Waals surface area contributed by atoms with E-state index in [1.165, 1.54) is 53.0 Å². The second-order valence-corrected chi connectivity index (χ2v) is 15.1. The third-order valence-electron chi connectivity index (χ3n) is 11.1. The number of benzene rings is 2. The van der Waals surface area contributed by atoms with Crippen molar-refractivity contribution < 1.29 is 63.0 Å². The number of aromatic hydroxyl groups is 2. The number of esters is 1. The maximum absolute atomic E-state index is 14.4. The lowest BCUT2D eigenvalue weighted by Gasteiger charge is -2.38. The number of amides is 1. The second kappa shape index (κ2) is 16.2. The van der Waals surface area contributed by atoms with E-state index in [4.69, 9.17) is 23.4 Å². The maximum atomic E-state index is 14.4. The van der Waals surface area contributed by atoms with Crippen LogP contribution in [0.5, 0.6) is 17.2 Å². The lowest BCUT2D eigenvalue weighted by atomic mass is 9.78. The molecule has 1 aromatic heterocycles. The first-order chi connectivity index (χ1) is 26.7. The van der Waals surface area contributed by atoms with Crippen molar-refractivity contribution in [2.24, 2.45) is 23.7 Å². The number of nitrogens with one attached hydrogen (secondary N) is 1. The fourth-order valence-electron chi connectivity index (χ4n) is 7.57. The van der Waals surface area contributed by atoms with Gasteiger partial charge in [0, 0.05) is 66.5 Å². The normalized spacial score (nSPS) is 28.6. The number of ether oxygens (including phenoxy) is 4. The summed E-state index contributed by atoms with van der Waals surface area (Å²) in [6.07, 6.45) is 3.27. The number of methoxy groups -OCH3 is 1. The van der Waals surface area contributed by atoms with Crippen LogP contribution in [-0.2, 0) is 23.8 Å². The van der Waals surface area contributed by atoms with E-state index >= 15 is 0 Å². The molecule has 2 aliphatic rings. The summed E-state index contributed by atoms with van der Waals surface area (Å²) in [5.74, 6) is -8.90. The molecule has 0 saturated carbocycles. The first-order valence-corrected chi connectivity index (χ1v) is 18.5.